The van der Waals surface area contributed by atoms with Crippen LogP contribution in [0.3, 0.4) is 0 Å². The number of hydrogen-bond donors (Lipinski definition) is 2. The van der Waals surface area contributed by atoms with E-state index in [1.54, 1.807) is 0 Å². The van der Waals surface area contributed by atoms with E-state index >= 15 is 0 Å². The van der Waals surface area contributed by atoms with E-state index in [9.17, 15) is 0 Å². The summed E-state index contributed by atoms with van der Waals surface area (Å²) in [5.41, 5.74) is 2.58. The van der Waals surface area contributed by atoms with Crippen LogP contribution in [0.25, 0.3) is 0 Å². The zero-order valence-corrected chi connectivity index (χ0v) is 4.89. The summed E-state index contributed by atoms with van der Waals surface area (Å²) in [7, 11) is 0. The first-order chi connectivity index (χ1) is 3.93. The van der Waals surface area contributed by atoms with Gasteiger partial charge in [0.25, 0.3) is 0 Å². The highest BCUT2D eigenvalue weighted by atomic mass is 16.5. The molecule has 3 heteroatoms. The van der Waals surface area contributed by atoms with Gasteiger partial charge in [-0.05, 0) is 12.8 Å². The van der Waals surface area contributed by atoms with Crippen molar-refractivity contribution in [2.75, 3.05) is 13.2 Å². The van der Waals surface area contributed by atoms with Crippen LogP contribution < -0.4 is 11.3 Å². The second-order valence-corrected chi connectivity index (χ2v) is 2.04. The van der Waals surface area contributed by atoms with Crippen molar-refractivity contribution in [2.24, 2.45) is 5.84 Å². The fourth-order valence-electron chi connectivity index (χ4n) is 0.937. The van der Waals surface area contributed by atoms with Crippen LogP contribution in [0.5, 0.6) is 0 Å². The number of rotatable bonds is 2. The van der Waals surface area contributed by atoms with E-state index in [0.717, 1.165) is 19.6 Å². The molecule has 0 aliphatic carbocycles. The summed E-state index contributed by atoms with van der Waals surface area (Å²) < 4.78 is 5.25. The van der Waals surface area contributed by atoms with Gasteiger partial charge in [0.05, 0.1) is 6.10 Å². The summed E-state index contributed by atoms with van der Waals surface area (Å²) in [5, 5.41) is 0. The van der Waals surface area contributed by atoms with Gasteiger partial charge in [0.1, 0.15) is 0 Å². The van der Waals surface area contributed by atoms with E-state index in [-0.39, 0.29) is 0 Å². The summed E-state index contributed by atoms with van der Waals surface area (Å²) in [5.74, 6) is 5.08. The van der Waals surface area contributed by atoms with Gasteiger partial charge < -0.3 is 4.74 Å². The van der Waals surface area contributed by atoms with Gasteiger partial charge >= 0.3 is 0 Å². The van der Waals surface area contributed by atoms with E-state index in [1.165, 1.54) is 6.42 Å². The molecule has 1 aliphatic rings. The largest absolute Gasteiger partial charge is 0.377 e. The Morgan fingerprint density at radius 3 is 3.12 bits per heavy atom. The Hall–Kier alpha value is -0.120. The Kier molecular flexibility index (Phi) is 2.27. The molecule has 1 rings (SSSR count). The minimum Gasteiger partial charge on any atom is -0.377 e. The van der Waals surface area contributed by atoms with Crippen LogP contribution in [0.4, 0.5) is 0 Å². The molecule has 0 saturated carbocycles. The Morgan fingerprint density at radius 2 is 2.62 bits per heavy atom. The third kappa shape index (κ3) is 1.43. The predicted octanol–water partition coefficient (Wildman–Crippen LogP) is -0.371. The van der Waals surface area contributed by atoms with Crippen molar-refractivity contribution in [3.8, 4) is 0 Å². The molecule has 0 aromatic carbocycles. The monoisotopic (exact) mass is 116 g/mol. The number of ether oxygens (including phenoxy) is 1. The second-order valence-electron chi connectivity index (χ2n) is 2.04. The van der Waals surface area contributed by atoms with Crippen LogP contribution >= 0.6 is 0 Å². The molecule has 3 N–H and O–H groups in total. The van der Waals surface area contributed by atoms with Crippen molar-refractivity contribution >= 4 is 0 Å². The molecular formula is C5H12N2O. The molecule has 48 valence electrons. The Bertz CT molecular complexity index is 61.4. The molecule has 3 nitrogen and oxygen atoms in total. The van der Waals surface area contributed by atoms with Crippen LogP contribution in [-0.4, -0.2) is 19.3 Å². The molecule has 1 aliphatic heterocycles. The molecule has 1 atom stereocenters. The highest BCUT2D eigenvalue weighted by Gasteiger charge is 2.13. The first-order valence-electron chi connectivity index (χ1n) is 2.98. The molecule has 0 bridgehead atoms. The molecular weight excluding hydrogens is 104 g/mol. The average Bonchev–Trinajstić information content (AvgIpc) is 2.19. The molecule has 1 saturated heterocycles. The van der Waals surface area contributed by atoms with Crippen LogP contribution in [0.1, 0.15) is 12.8 Å². The van der Waals surface area contributed by atoms with Crippen molar-refractivity contribution in [2.45, 2.75) is 18.9 Å². The zero-order valence-electron chi connectivity index (χ0n) is 4.89. The highest BCUT2D eigenvalue weighted by molar-refractivity contribution is 4.64. The minimum atomic E-state index is 0.375. The normalized spacial score (nSPS) is 28.9. The summed E-state index contributed by atoms with van der Waals surface area (Å²) in [4.78, 5) is 0. The Labute approximate surface area is 49.2 Å². The highest BCUT2D eigenvalue weighted by Crippen LogP contribution is 2.09. The van der Waals surface area contributed by atoms with Gasteiger partial charge in [-0.1, -0.05) is 0 Å². The fraction of sp³-hybridized carbons (Fsp3) is 1.00. The predicted molar refractivity (Wildman–Crippen MR) is 31.2 cm³/mol. The number of hydrogen-bond acceptors (Lipinski definition) is 3. The number of hydrazine groups is 1. The van der Waals surface area contributed by atoms with Crippen LogP contribution in [-0.2, 0) is 4.74 Å². The minimum absolute atomic E-state index is 0.375. The van der Waals surface area contributed by atoms with E-state index in [4.69, 9.17) is 10.6 Å². The maximum Gasteiger partial charge on any atom is 0.0714 e. The van der Waals surface area contributed by atoms with Gasteiger partial charge in [-0.15, -0.1) is 0 Å². The summed E-state index contributed by atoms with van der Waals surface area (Å²) in [6.07, 6.45) is 2.72. The van der Waals surface area contributed by atoms with E-state index < -0.39 is 0 Å². The maximum atomic E-state index is 5.25. The molecule has 1 heterocycles. The lowest BCUT2D eigenvalue weighted by molar-refractivity contribution is 0.110. The van der Waals surface area contributed by atoms with Crippen molar-refractivity contribution in [1.82, 2.24) is 5.43 Å². The molecule has 0 amide bonds. The molecule has 8 heavy (non-hydrogen) atoms. The van der Waals surface area contributed by atoms with Crippen molar-refractivity contribution in [3.05, 3.63) is 0 Å². The van der Waals surface area contributed by atoms with Gasteiger partial charge in [0.15, 0.2) is 0 Å². The zero-order chi connectivity index (χ0) is 5.82. The second kappa shape index (κ2) is 3.02. The summed E-state index contributed by atoms with van der Waals surface area (Å²) in [6.45, 7) is 1.70. The summed E-state index contributed by atoms with van der Waals surface area (Å²) >= 11 is 0. The topological polar surface area (TPSA) is 47.3 Å². The molecule has 0 spiro atoms. The molecule has 0 unspecified atom stereocenters. The molecule has 1 fully saturated rings. The van der Waals surface area contributed by atoms with Gasteiger partial charge in [-0.2, -0.15) is 0 Å². The standard InChI is InChI=1S/C5H12N2O/c6-7-4-5-2-1-3-8-5/h5,7H,1-4,6H2/t5-/m0/s1. The first-order valence-corrected chi connectivity index (χ1v) is 2.98. The lowest BCUT2D eigenvalue weighted by atomic mass is 10.2. The lowest BCUT2D eigenvalue weighted by Gasteiger charge is -2.05. The number of nitrogens with two attached hydrogens (primary N) is 1. The quantitative estimate of drug-likeness (QED) is 0.382. The Balaban J connectivity index is 2.06. The average molecular weight is 116 g/mol. The SMILES string of the molecule is NNC[C@@H]1CCCO1. The third-order valence-corrected chi connectivity index (χ3v) is 1.37. The van der Waals surface area contributed by atoms with Crippen molar-refractivity contribution < 1.29 is 4.74 Å². The van der Waals surface area contributed by atoms with Crippen molar-refractivity contribution in [1.29, 1.82) is 0 Å². The molecule has 0 radical (unpaired) electrons. The maximum absolute atomic E-state index is 5.25. The van der Waals surface area contributed by atoms with E-state index in [1.807, 2.05) is 0 Å². The van der Waals surface area contributed by atoms with E-state index in [0.29, 0.717) is 6.10 Å². The summed E-state index contributed by atoms with van der Waals surface area (Å²) in [6, 6.07) is 0. The fourth-order valence-corrected chi connectivity index (χ4v) is 0.937. The lowest BCUT2D eigenvalue weighted by Crippen LogP contribution is -2.31. The number of nitrogens with one attached hydrogen (secondary N) is 1. The third-order valence-electron chi connectivity index (χ3n) is 1.37. The smallest absolute Gasteiger partial charge is 0.0714 e. The van der Waals surface area contributed by atoms with Crippen LogP contribution in [0.2, 0.25) is 0 Å². The van der Waals surface area contributed by atoms with Crippen molar-refractivity contribution in [3.63, 3.8) is 0 Å². The first kappa shape index (κ1) is 6.01. The van der Waals surface area contributed by atoms with E-state index in [2.05, 4.69) is 5.43 Å². The molecule has 0 aromatic rings. The van der Waals surface area contributed by atoms with Gasteiger partial charge in [-0.3, -0.25) is 11.3 Å². The van der Waals surface area contributed by atoms with Crippen LogP contribution in [0.15, 0.2) is 0 Å². The van der Waals surface area contributed by atoms with Gasteiger partial charge in [0.2, 0.25) is 0 Å². The van der Waals surface area contributed by atoms with Gasteiger partial charge in [0, 0.05) is 13.2 Å². The molecule has 0 aromatic heterocycles. The Morgan fingerprint density at radius 1 is 1.75 bits per heavy atom. The van der Waals surface area contributed by atoms with Crippen LogP contribution in [0, 0.1) is 0 Å². The van der Waals surface area contributed by atoms with Gasteiger partial charge in [-0.25, -0.2) is 0 Å².